The highest BCUT2D eigenvalue weighted by atomic mass is 19.1. The zero-order valence-corrected chi connectivity index (χ0v) is 10.5. The maximum atomic E-state index is 13.4. The van der Waals surface area contributed by atoms with Crippen molar-refractivity contribution in [1.82, 2.24) is 0 Å². The predicted octanol–water partition coefficient (Wildman–Crippen LogP) is 3.12. The lowest BCUT2D eigenvalue weighted by molar-refractivity contribution is -0.384. The lowest BCUT2D eigenvalue weighted by atomic mass is 10.2. The normalized spacial score (nSPS) is 10.1. The molecule has 0 heterocycles. The lowest BCUT2D eigenvalue weighted by Gasteiger charge is -2.11. The molecule has 0 aromatic heterocycles. The van der Waals surface area contributed by atoms with E-state index in [9.17, 15) is 14.5 Å². The highest BCUT2D eigenvalue weighted by Crippen LogP contribution is 2.35. The molecule has 0 radical (unpaired) electrons. The predicted molar refractivity (Wildman–Crippen MR) is 70.5 cm³/mol. The van der Waals surface area contributed by atoms with E-state index in [-0.39, 0.29) is 22.9 Å². The van der Waals surface area contributed by atoms with Crippen molar-refractivity contribution < 1.29 is 18.8 Å². The molecule has 0 aliphatic carbocycles. The number of rotatable bonds is 4. The van der Waals surface area contributed by atoms with Gasteiger partial charge < -0.3 is 15.2 Å². The number of ether oxygens (including phenoxy) is 2. The van der Waals surface area contributed by atoms with E-state index < -0.39 is 10.7 Å². The van der Waals surface area contributed by atoms with Gasteiger partial charge in [0.1, 0.15) is 11.6 Å². The first-order valence-corrected chi connectivity index (χ1v) is 5.56. The zero-order chi connectivity index (χ0) is 14.7. The number of nitro groups is 1. The molecule has 2 aromatic rings. The van der Waals surface area contributed by atoms with Gasteiger partial charge in [-0.1, -0.05) is 0 Å². The van der Waals surface area contributed by atoms with E-state index in [2.05, 4.69) is 0 Å². The summed E-state index contributed by atoms with van der Waals surface area (Å²) in [6, 6.07) is 7.79. The Hall–Kier alpha value is -2.83. The van der Waals surface area contributed by atoms with Crippen molar-refractivity contribution in [3.63, 3.8) is 0 Å². The van der Waals surface area contributed by atoms with Gasteiger partial charge in [-0.2, -0.15) is 0 Å². The highest BCUT2D eigenvalue weighted by molar-refractivity contribution is 5.54. The number of nitrogens with zero attached hydrogens (tertiary/aromatic N) is 1. The molecule has 0 spiro atoms. The summed E-state index contributed by atoms with van der Waals surface area (Å²) >= 11 is 0. The van der Waals surface area contributed by atoms with Crippen molar-refractivity contribution in [2.24, 2.45) is 0 Å². The summed E-state index contributed by atoms with van der Waals surface area (Å²) in [5, 5.41) is 10.5. The second-order valence-corrected chi connectivity index (χ2v) is 3.88. The number of nitrogen functional groups attached to an aromatic ring is 1. The van der Waals surface area contributed by atoms with Crippen LogP contribution in [0.4, 0.5) is 15.8 Å². The van der Waals surface area contributed by atoms with Crippen molar-refractivity contribution in [1.29, 1.82) is 0 Å². The quantitative estimate of drug-likeness (QED) is 0.527. The molecule has 0 saturated heterocycles. The van der Waals surface area contributed by atoms with Crippen LogP contribution in [-0.4, -0.2) is 12.0 Å². The number of hydrogen-bond acceptors (Lipinski definition) is 5. The van der Waals surface area contributed by atoms with Crippen LogP contribution in [0, 0.1) is 15.9 Å². The average molecular weight is 278 g/mol. The summed E-state index contributed by atoms with van der Waals surface area (Å²) in [4.78, 5) is 10.0. The van der Waals surface area contributed by atoms with Gasteiger partial charge in [-0.3, -0.25) is 10.1 Å². The largest absolute Gasteiger partial charge is 0.493 e. The molecule has 2 aromatic carbocycles. The highest BCUT2D eigenvalue weighted by Gasteiger charge is 2.12. The first-order chi connectivity index (χ1) is 9.51. The Labute approximate surface area is 113 Å². The molecule has 0 aliphatic heterocycles. The third-order valence-electron chi connectivity index (χ3n) is 2.56. The van der Waals surface area contributed by atoms with Crippen LogP contribution in [0.2, 0.25) is 0 Å². The van der Waals surface area contributed by atoms with E-state index in [1.807, 2.05) is 0 Å². The van der Waals surface area contributed by atoms with E-state index in [1.165, 1.54) is 37.4 Å². The van der Waals surface area contributed by atoms with E-state index >= 15 is 0 Å². The van der Waals surface area contributed by atoms with Crippen molar-refractivity contribution >= 4 is 11.4 Å². The second kappa shape index (κ2) is 5.43. The molecule has 0 amide bonds. The Bertz CT molecular complexity index is 644. The third-order valence-corrected chi connectivity index (χ3v) is 2.56. The fourth-order valence-corrected chi connectivity index (χ4v) is 1.55. The van der Waals surface area contributed by atoms with Crippen LogP contribution in [0.5, 0.6) is 17.2 Å². The molecule has 7 heteroatoms. The van der Waals surface area contributed by atoms with Gasteiger partial charge >= 0.3 is 0 Å². The smallest absolute Gasteiger partial charge is 0.269 e. The van der Waals surface area contributed by atoms with E-state index in [1.54, 1.807) is 0 Å². The van der Waals surface area contributed by atoms with Gasteiger partial charge in [-0.25, -0.2) is 4.39 Å². The van der Waals surface area contributed by atoms with Crippen LogP contribution in [0.25, 0.3) is 0 Å². The maximum absolute atomic E-state index is 13.4. The van der Waals surface area contributed by atoms with Crippen LogP contribution in [-0.2, 0) is 0 Å². The number of nitrogens with two attached hydrogens (primary N) is 1. The fourth-order valence-electron chi connectivity index (χ4n) is 1.55. The van der Waals surface area contributed by atoms with Crippen LogP contribution in [0.1, 0.15) is 0 Å². The number of methoxy groups -OCH3 is 1. The summed E-state index contributed by atoms with van der Waals surface area (Å²) in [6.07, 6.45) is 0. The molecule has 0 saturated carbocycles. The minimum absolute atomic E-state index is 0.0575. The summed E-state index contributed by atoms with van der Waals surface area (Å²) in [7, 11) is 1.40. The third kappa shape index (κ3) is 2.77. The Morgan fingerprint density at radius 1 is 1.20 bits per heavy atom. The molecule has 2 rings (SSSR count). The zero-order valence-electron chi connectivity index (χ0n) is 10.5. The van der Waals surface area contributed by atoms with Gasteiger partial charge in [0.05, 0.1) is 17.7 Å². The maximum Gasteiger partial charge on any atom is 0.269 e. The van der Waals surface area contributed by atoms with Crippen molar-refractivity contribution in [3.8, 4) is 17.2 Å². The first kappa shape index (κ1) is 13.6. The second-order valence-electron chi connectivity index (χ2n) is 3.88. The molecule has 20 heavy (non-hydrogen) atoms. The Morgan fingerprint density at radius 2 is 1.85 bits per heavy atom. The standard InChI is InChI=1S/C13H11FN2O4/c1-19-12-7-11(15)10(14)6-13(12)20-9-4-2-8(3-5-9)16(17)18/h2-7H,15H2,1H3. The Kier molecular flexibility index (Phi) is 3.69. The molecule has 104 valence electrons. The van der Waals surface area contributed by atoms with Crippen molar-refractivity contribution in [2.75, 3.05) is 12.8 Å². The summed E-state index contributed by atoms with van der Waals surface area (Å²) in [6.45, 7) is 0. The number of anilines is 1. The Morgan fingerprint density at radius 3 is 2.40 bits per heavy atom. The van der Waals surface area contributed by atoms with Gasteiger partial charge in [0.15, 0.2) is 11.5 Å². The SMILES string of the molecule is COc1cc(N)c(F)cc1Oc1ccc([N+](=O)[O-])cc1. The van der Waals surface area contributed by atoms with E-state index in [0.29, 0.717) is 5.75 Å². The number of non-ortho nitro benzene ring substituents is 1. The van der Waals surface area contributed by atoms with E-state index in [0.717, 1.165) is 6.07 Å². The van der Waals surface area contributed by atoms with Gasteiger partial charge in [-0.05, 0) is 12.1 Å². The van der Waals surface area contributed by atoms with Crippen molar-refractivity contribution in [3.05, 3.63) is 52.3 Å². The number of halogens is 1. The number of nitro benzene ring substituents is 1. The van der Waals surface area contributed by atoms with E-state index in [4.69, 9.17) is 15.2 Å². The fraction of sp³-hybridized carbons (Fsp3) is 0.0769. The summed E-state index contributed by atoms with van der Waals surface area (Å²) in [5.74, 6) is 0.0797. The summed E-state index contributed by atoms with van der Waals surface area (Å²) in [5.41, 5.74) is 5.31. The minimum atomic E-state index is -0.636. The topological polar surface area (TPSA) is 87.6 Å². The molecular formula is C13H11FN2O4. The summed E-state index contributed by atoms with van der Waals surface area (Å²) < 4.78 is 23.9. The number of benzene rings is 2. The first-order valence-electron chi connectivity index (χ1n) is 5.56. The molecule has 2 N–H and O–H groups in total. The van der Waals surface area contributed by atoms with Gasteiger partial charge in [0, 0.05) is 24.3 Å². The van der Waals surface area contributed by atoms with Crippen LogP contribution >= 0.6 is 0 Å². The lowest BCUT2D eigenvalue weighted by Crippen LogP contribution is -1.96. The van der Waals surface area contributed by atoms with Crippen molar-refractivity contribution in [2.45, 2.75) is 0 Å². The molecule has 0 bridgehead atoms. The Balaban J connectivity index is 2.29. The van der Waals surface area contributed by atoms with Crippen LogP contribution in [0.3, 0.4) is 0 Å². The molecule has 6 nitrogen and oxygen atoms in total. The van der Waals surface area contributed by atoms with Gasteiger partial charge in [0.2, 0.25) is 0 Å². The van der Waals surface area contributed by atoms with Gasteiger partial charge in [-0.15, -0.1) is 0 Å². The monoisotopic (exact) mass is 278 g/mol. The van der Waals surface area contributed by atoms with Crippen LogP contribution in [0.15, 0.2) is 36.4 Å². The average Bonchev–Trinajstić information content (AvgIpc) is 2.43. The molecule has 0 unspecified atom stereocenters. The number of hydrogen-bond donors (Lipinski definition) is 1. The van der Waals surface area contributed by atoms with Crippen LogP contribution < -0.4 is 15.2 Å². The molecule has 0 aliphatic rings. The molecule has 0 atom stereocenters. The minimum Gasteiger partial charge on any atom is -0.493 e. The van der Waals surface area contributed by atoms with Gasteiger partial charge in [0.25, 0.3) is 5.69 Å². The molecular weight excluding hydrogens is 267 g/mol. The molecule has 0 fully saturated rings.